The number of rotatable bonds is 5. The summed E-state index contributed by atoms with van der Waals surface area (Å²) in [6.45, 7) is 10.9. The lowest BCUT2D eigenvalue weighted by atomic mass is 9.45. The van der Waals surface area contributed by atoms with Gasteiger partial charge in [0.05, 0.1) is 24.2 Å². The molecular formula is C33H41BrO11. The molecule has 0 amide bonds. The van der Waals surface area contributed by atoms with Gasteiger partial charge in [-0.05, 0) is 48.1 Å². The Balaban J connectivity index is 1.80. The molecule has 3 aliphatic carbocycles. The van der Waals surface area contributed by atoms with Crippen molar-refractivity contribution >= 4 is 39.8 Å². The van der Waals surface area contributed by atoms with Crippen LogP contribution in [0.15, 0.2) is 39.9 Å². The highest BCUT2D eigenvalue weighted by atomic mass is 79.9. The van der Waals surface area contributed by atoms with Crippen molar-refractivity contribution in [3.8, 4) is 0 Å². The van der Waals surface area contributed by atoms with Crippen molar-refractivity contribution in [1.29, 1.82) is 0 Å². The van der Waals surface area contributed by atoms with Gasteiger partial charge in [-0.1, -0.05) is 42.8 Å². The average Bonchev–Trinajstić information content (AvgIpc) is 2.92. The van der Waals surface area contributed by atoms with Gasteiger partial charge in [0.25, 0.3) is 0 Å². The largest absolute Gasteiger partial charge is 0.462 e. The van der Waals surface area contributed by atoms with Crippen molar-refractivity contribution < 1.29 is 53.1 Å². The van der Waals surface area contributed by atoms with E-state index in [1.54, 1.807) is 38.1 Å². The minimum atomic E-state index is -1.60. The summed E-state index contributed by atoms with van der Waals surface area (Å²) < 4.78 is 30.8. The maximum Gasteiger partial charge on any atom is 0.338 e. The van der Waals surface area contributed by atoms with Gasteiger partial charge in [0, 0.05) is 43.0 Å². The van der Waals surface area contributed by atoms with Crippen molar-refractivity contribution in [2.75, 3.05) is 6.61 Å². The van der Waals surface area contributed by atoms with E-state index in [9.17, 15) is 29.4 Å². The predicted octanol–water partition coefficient (Wildman–Crippen LogP) is 3.66. The molecule has 0 spiro atoms. The Morgan fingerprint density at radius 2 is 1.62 bits per heavy atom. The van der Waals surface area contributed by atoms with Crippen molar-refractivity contribution in [1.82, 2.24) is 0 Å². The smallest absolute Gasteiger partial charge is 0.338 e. The maximum atomic E-state index is 14.0. The standard InChI is InChI=1S/C33H41BrO11/c1-15-22(42-16(2)35)12-21-27(44-30(40)19-9-8-10-20(34)11-19)28-32(7,29(39)26(38)25(15)31(21,5)6)23(43-17(3)36)13-24-33(28,14-41-24)45-18(4)37/h8-11,21-24,26-29,38-39H,12-14H2,1-7H3/t21?,22-,23-,24+,26+,27+,28?,29-,32+,33-/m0/s1. The number of esters is 4. The molecule has 12 heteroatoms. The summed E-state index contributed by atoms with van der Waals surface area (Å²) in [5.41, 5.74) is -2.57. The van der Waals surface area contributed by atoms with E-state index >= 15 is 0 Å². The molecule has 1 aliphatic heterocycles. The van der Waals surface area contributed by atoms with Crippen LogP contribution < -0.4 is 0 Å². The molecule has 1 heterocycles. The number of carbonyl (C=O) groups excluding carboxylic acids is 4. The number of benzene rings is 1. The van der Waals surface area contributed by atoms with E-state index < -0.39 is 88.8 Å². The molecule has 2 saturated carbocycles. The lowest BCUT2D eigenvalue weighted by molar-refractivity contribution is -0.354. The molecule has 1 saturated heterocycles. The van der Waals surface area contributed by atoms with Gasteiger partial charge in [0.2, 0.25) is 0 Å². The van der Waals surface area contributed by atoms with Crippen LogP contribution >= 0.6 is 15.9 Å². The predicted molar refractivity (Wildman–Crippen MR) is 162 cm³/mol. The number of fused-ring (bicyclic) bond motifs is 5. The Bertz CT molecular complexity index is 1440. The molecular weight excluding hydrogens is 652 g/mol. The average molecular weight is 694 g/mol. The summed E-state index contributed by atoms with van der Waals surface area (Å²) in [5, 5.41) is 24.4. The first-order valence-electron chi connectivity index (χ1n) is 15.1. The van der Waals surface area contributed by atoms with Crippen LogP contribution in [0.2, 0.25) is 0 Å². The van der Waals surface area contributed by atoms with Crippen LogP contribution in [-0.4, -0.2) is 82.9 Å². The number of halogens is 1. The highest BCUT2D eigenvalue weighted by Crippen LogP contribution is 2.64. The van der Waals surface area contributed by atoms with Crippen LogP contribution in [0.4, 0.5) is 0 Å². The van der Waals surface area contributed by atoms with E-state index in [2.05, 4.69) is 15.9 Å². The fraction of sp³-hybridized carbons (Fsp3) is 0.636. The molecule has 246 valence electrons. The molecule has 2 bridgehead atoms. The molecule has 1 aromatic carbocycles. The summed E-state index contributed by atoms with van der Waals surface area (Å²) in [7, 11) is 0. The molecule has 5 rings (SSSR count). The second kappa shape index (κ2) is 11.8. The molecule has 0 aromatic heterocycles. The molecule has 2 unspecified atom stereocenters. The Kier molecular flexibility index (Phi) is 8.78. The number of ether oxygens (including phenoxy) is 5. The molecule has 45 heavy (non-hydrogen) atoms. The number of aliphatic hydroxyl groups is 2. The van der Waals surface area contributed by atoms with Crippen LogP contribution in [0.3, 0.4) is 0 Å². The van der Waals surface area contributed by atoms with Gasteiger partial charge >= 0.3 is 23.9 Å². The topological polar surface area (TPSA) is 155 Å². The van der Waals surface area contributed by atoms with Gasteiger partial charge in [-0.2, -0.15) is 0 Å². The first-order chi connectivity index (χ1) is 20.9. The lowest BCUT2D eigenvalue weighted by Gasteiger charge is -2.67. The third-order valence-corrected chi connectivity index (χ3v) is 11.1. The van der Waals surface area contributed by atoms with Crippen LogP contribution in [0.1, 0.15) is 71.7 Å². The highest BCUT2D eigenvalue weighted by molar-refractivity contribution is 9.10. The first-order valence-corrected chi connectivity index (χ1v) is 15.9. The third-order valence-electron chi connectivity index (χ3n) is 10.6. The summed E-state index contributed by atoms with van der Waals surface area (Å²) in [6, 6.07) is 6.69. The second-order valence-electron chi connectivity index (χ2n) is 13.6. The zero-order chi connectivity index (χ0) is 33.2. The van der Waals surface area contributed by atoms with E-state index in [4.69, 9.17) is 23.7 Å². The van der Waals surface area contributed by atoms with Crippen molar-refractivity contribution in [3.05, 3.63) is 45.4 Å². The Morgan fingerprint density at radius 1 is 0.956 bits per heavy atom. The summed E-state index contributed by atoms with van der Waals surface area (Å²) >= 11 is 3.40. The van der Waals surface area contributed by atoms with Crippen molar-refractivity contribution in [2.24, 2.45) is 22.7 Å². The summed E-state index contributed by atoms with van der Waals surface area (Å²) in [4.78, 5) is 51.4. The number of aliphatic hydroxyl groups excluding tert-OH is 2. The van der Waals surface area contributed by atoms with Crippen LogP contribution in [-0.2, 0) is 38.1 Å². The van der Waals surface area contributed by atoms with Crippen LogP contribution in [0, 0.1) is 22.7 Å². The van der Waals surface area contributed by atoms with Gasteiger partial charge in [-0.3, -0.25) is 14.4 Å². The second-order valence-corrected chi connectivity index (χ2v) is 14.5. The van der Waals surface area contributed by atoms with E-state index in [0.717, 1.165) is 0 Å². The molecule has 10 atom stereocenters. The highest BCUT2D eigenvalue weighted by Gasteiger charge is 2.75. The van der Waals surface area contributed by atoms with Gasteiger partial charge in [0.1, 0.15) is 30.5 Å². The van der Waals surface area contributed by atoms with Gasteiger partial charge in [-0.15, -0.1) is 0 Å². The molecule has 11 nitrogen and oxygen atoms in total. The number of carbonyl (C=O) groups is 4. The fourth-order valence-electron chi connectivity index (χ4n) is 8.67. The Labute approximate surface area is 270 Å². The third kappa shape index (κ3) is 5.41. The van der Waals surface area contributed by atoms with E-state index in [0.29, 0.717) is 15.6 Å². The van der Waals surface area contributed by atoms with Crippen molar-refractivity contribution in [3.63, 3.8) is 0 Å². The zero-order valence-corrected chi connectivity index (χ0v) is 28.1. The molecule has 2 N–H and O–H groups in total. The van der Waals surface area contributed by atoms with Gasteiger partial charge in [0.15, 0.2) is 5.60 Å². The fourth-order valence-corrected chi connectivity index (χ4v) is 9.07. The maximum absolute atomic E-state index is 14.0. The van der Waals surface area contributed by atoms with Crippen molar-refractivity contribution in [2.45, 2.75) is 104 Å². The lowest BCUT2D eigenvalue weighted by Crippen LogP contribution is -2.80. The van der Waals surface area contributed by atoms with Gasteiger partial charge in [-0.25, -0.2) is 4.79 Å². The van der Waals surface area contributed by atoms with Gasteiger partial charge < -0.3 is 33.9 Å². The molecule has 1 aromatic rings. The minimum Gasteiger partial charge on any atom is -0.462 e. The number of hydrogen-bond acceptors (Lipinski definition) is 11. The normalized spacial score (nSPS) is 38.3. The monoisotopic (exact) mass is 692 g/mol. The Morgan fingerprint density at radius 3 is 2.18 bits per heavy atom. The number of hydrogen-bond donors (Lipinski definition) is 2. The Hall–Kier alpha value is -2.80. The molecule has 3 fully saturated rings. The minimum absolute atomic E-state index is 0.0676. The van der Waals surface area contributed by atoms with E-state index in [1.807, 2.05) is 13.8 Å². The summed E-state index contributed by atoms with van der Waals surface area (Å²) in [5.74, 6) is -4.09. The first kappa shape index (κ1) is 33.6. The zero-order valence-electron chi connectivity index (χ0n) is 26.5. The summed E-state index contributed by atoms with van der Waals surface area (Å²) in [6.07, 6.45) is -6.51. The molecule has 0 radical (unpaired) electrons. The van der Waals surface area contributed by atoms with Crippen LogP contribution in [0.5, 0.6) is 0 Å². The molecule has 4 aliphatic rings. The van der Waals surface area contributed by atoms with E-state index in [1.165, 1.54) is 20.8 Å². The van der Waals surface area contributed by atoms with Crippen LogP contribution in [0.25, 0.3) is 0 Å². The van der Waals surface area contributed by atoms with E-state index in [-0.39, 0.29) is 25.0 Å². The SMILES string of the molecule is CC(=O)O[C@H]1CC2[C@@H](OC(=O)c3cccc(Br)c3)C3[C@@](C)([C@@H](OC(C)=O)C[C@H]4OC[C@@]34OC(C)=O)[C@@H](O)[C@H](O)C(=C1C)C2(C)C. The quantitative estimate of drug-likeness (QED) is 0.264.